The number of nitrogens with one attached hydrogen (secondary N) is 1. The second-order valence-electron chi connectivity index (χ2n) is 4.71. The molecule has 106 valence electrons. The minimum absolute atomic E-state index is 0.212. The third-order valence-corrected chi connectivity index (χ3v) is 2.58. The molecule has 1 aromatic rings. The number of aromatic nitrogens is 1. The van der Waals surface area contributed by atoms with Crippen LogP contribution >= 0.6 is 0 Å². The van der Waals surface area contributed by atoms with Crippen LogP contribution in [0.3, 0.4) is 0 Å². The normalized spacial score (nSPS) is 10.7. The van der Waals surface area contributed by atoms with Crippen LogP contribution in [-0.2, 0) is 4.74 Å². The minimum atomic E-state index is -0.960. The number of nitrogens with zero attached hydrogens (tertiary/aromatic N) is 1. The number of carbonyl (C=O) groups is 1. The topological polar surface area (TPSA) is 71.5 Å². The molecule has 0 unspecified atom stereocenters. The quantitative estimate of drug-likeness (QED) is 0.708. The summed E-state index contributed by atoms with van der Waals surface area (Å²) in [5.74, 6) is -0.518. The predicted octanol–water partition coefficient (Wildman–Crippen LogP) is 2.71. The van der Waals surface area contributed by atoms with E-state index in [4.69, 9.17) is 9.84 Å². The van der Waals surface area contributed by atoms with Gasteiger partial charge in [-0.1, -0.05) is 0 Å². The van der Waals surface area contributed by atoms with Crippen molar-refractivity contribution in [2.45, 2.75) is 39.7 Å². The molecule has 0 fully saturated rings. The Labute approximate surface area is 114 Å². The second kappa shape index (κ2) is 7.74. The second-order valence-corrected chi connectivity index (χ2v) is 4.71. The Kier molecular flexibility index (Phi) is 6.29. The smallest absolute Gasteiger partial charge is 0.339 e. The SMILES string of the molecule is Cc1ccc(C(=O)O)c(NCCCCOC(C)C)n1. The maximum absolute atomic E-state index is 11.0. The highest BCUT2D eigenvalue weighted by Gasteiger charge is 2.10. The van der Waals surface area contributed by atoms with Gasteiger partial charge in [-0.15, -0.1) is 0 Å². The number of ether oxygens (including phenoxy) is 1. The summed E-state index contributed by atoms with van der Waals surface area (Å²) in [6.45, 7) is 7.28. The van der Waals surface area contributed by atoms with Crippen LogP contribution in [0.15, 0.2) is 12.1 Å². The number of carboxylic acids is 1. The van der Waals surface area contributed by atoms with Crippen LogP contribution in [0.4, 0.5) is 5.82 Å². The van der Waals surface area contributed by atoms with Crippen molar-refractivity contribution in [3.05, 3.63) is 23.4 Å². The summed E-state index contributed by atoms with van der Waals surface area (Å²) < 4.78 is 5.44. The third-order valence-electron chi connectivity index (χ3n) is 2.58. The first-order valence-corrected chi connectivity index (χ1v) is 6.57. The van der Waals surface area contributed by atoms with Crippen molar-refractivity contribution in [1.29, 1.82) is 0 Å². The fraction of sp³-hybridized carbons (Fsp3) is 0.571. The lowest BCUT2D eigenvalue weighted by Crippen LogP contribution is -2.11. The van der Waals surface area contributed by atoms with Gasteiger partial charge in [-0.25, -0.2) is 9.78 Å². The first-order chi connectivity index (χ1) is 9.00. The van der Waals surface area contributed by atoms with Gasteiger partial charge >= 0.3 is 5.97 Å². The fourth-order valence-electron chi connectivity index (χ4n) is 1.62. The molecule has 0 saturated heterocycles. The van der Waals surface area contributed by atoms with E-state index in [0.717, 1.165) is 25.1 Å². The summed E-state index contributed by atoms with van der Waals surface area (Å²) in [4.78, 5) is 15.3. The number of hydrogen-bond donors (Lipinski definition) is 2. The van der Waals surface area contributed by atoms with Gasteiger partial charge in [0.15, 0.2) is 0 Å². The van der Waals surface area contributed by atoms with E-state index in [0.29, 0.717) is 12.4 Å². The van der Waals surface area contributed by atoms with E-state index in [2.05, 4.69) is 10.3 Å². The molecule has 0 atom stereocenters. The molecule has 1 rings (SSSR count). The molecule has 0 bridgehead atoms. The first kappa shape index (κ1) is 15.4. The molecule has 19 heavy (non-hydrogen) atoms. The number of pyridine rings is 1. The summed E-state index contributed by atoms with van der Waals surface area (Å²) in [7, 11) is 0. The summed E-state index contributed by atoms with van der Waals surface area (Å²) in [5, 5.41) is 12.1. The van der Waals surface area contributed by atoms with Gasteiger partial charge in [-0.3, -0.25) is 0 Å². The molecule has 0 aliphatic rings. The van der Waals surface area contributed by atoms with E-state index >= 15 is 0 Å². The maximum Gasteiger partial charge on any atom is 0.339 e. The summed E-state index contributed by atoms with van der Waals surface area (Å²) in [5.41, 5.74) is 1.01. The van der Waals surface area contributed by atoms with Crippen LogP contribution in [-0.4, -0.2) is 35.3 Å². The van der Waals surface area contributed by atoms with E-state index in [1.807, 2.05) is 20.8 Å². The largest absolute Gasteiger partial charge is 0.478 e. The van der Waals surface area contributed by atoms with Gasteiger partial charge in [-0.2, -0.15) is 0 Å². The lowest BCUT2D eigenvalue weighted by atomic mass is 10.2. The molecular weight excluding hydrogens is 244 g/mol. The number of unbranched alkanes of at least 4 members (excludes halogenated alkanes) is 1. The monoisotopic (exact) mass is 266 g/mol. The highest BCUT2D eigenvalue weighted by atomic mass is 16.5. The van der Waals surface area contributed by atoms with Gasteiger partial charge in [0.25, 0.3) is 0 Å². The van der Waals surface area contributed by atoms with E-state index < -0.39 is 5.97 Å². The average molecular weight is 266 g/mol. The zero-order chi connectivity index (χ0) is 14.3. The molecule has 0 spiro atoms. The Bertz CT molecular complexity index is 419. The predicted molar refractivity (Wildman–Crippen MR) is 74.7 cm³/mol. The van der Waals surface area contributed by atoms with Crippen molar-refractivity contribution in [1.82, 2.24) is 4.98 Å². The molecule has 5 heteroatoms. The Morgan fingerprint density at radius 1 is 1.42 bits per heavy atom. The Balaban J connectivity index is 2.40. The van der Waals surface area contributed by atoms with Gasteiger partial charge in [0, 0.05) is 18.8 Å². The number of carboxylic acid groups (broad SMARTS) is 1. The molecule has 0 aliphatic heterocycles. The molecule has 0 aliphatic carbocycles. The molecule has 5 nitrogen and oxygen atoms in total. The Morgan fingerprint density at radius 3 is 2.79 bits per heavy atom. The van der Waals surface area contributed by atoms with Crippen molar-refractivity contribution in [3.63, 3.8) is 0 Å². The summed E-state index contributed by atoms with van der Waals surface area (Å²) in [6, 6.07) is 3.28. The highest BCUT2D eigenvalue weighted by molar-refractivity contribution is 5.93. The van der Waals surface area contributed by atoms with Crippen LogP contribution in [0.5, 0.6) is 0 Å². The zero-order valence-corrected chi connectivity index (χ0v) is 11.8. The van der Waals surface area contributed by atoms with Crippen LogP contribution in [0.1, 0.15) is 42.7 Å². The molecule has 0 saturated carbocycles. The lowest BCUT2D eigenvalue weighted by Gasteiger charge is -2.10. The molecule has 1 heterocycles. The molecule has 0 amide bonds. The Morgan fingerprint density at radius 2 is 2.16 bits per heavy atom. The number of anilines is 1. The average Bonchev–Trinajstić information content (AvgIpc) is 2.33. The first-order valence-electron chi connectivity index (χ1n) is 6.57. The van der Waals surface area contributed by atoms with Crippen LogP contribution in [0, 0.1) is 6.92 Å². The van der Waals surface area contributed by atoms with E-state index in [1.165, 1.54) is 0 Å². The number of aromatic carboxylic acids is 1. The molecule has 1 aromatic heterocycles. The minimum Gasteiger partial charge on any atom is -0.478 e. The van der Waals surface area contributed by atoms with Crippen molar-refractivity contribution in [2.24, 2.45) is 0 Å². The van der Waals surface area contributed by atoms with Crippen molar-refractivity contribution in [2.75, 3.05) is 18.5 Å². The van der Waals surface area contributed by atoms with Crippen molar-refractivity contribution in [3.8, 4) is 0 Å². The van der Waals surface area contributed by atoms with Crippen molar-refractivity contribution >= 4 is 11.8 Å². The maximum atomic E-state index is 11.0. The lowest BCUT2D eigenvalue weighted by molar-refractivity contribution is 0.0697. The van der Waals surface area contributed by atoms with Crippen LogP contribution in [0.25, 0.3) is 0 Å². The zero-order valence-electron chi connectivity index (χ0n) is 11.8. The van der Waals surface area contributed by atoms with Gasteiger partial charge in [0.2, 0.25) is 0 Å². The molecule has 2 N–H and O–H groups in total. The van der Waals surface area contributed by atoms with E-state index in [9.17, 15) is 4.79 Å². The Hall–Kier alpha value is -1.62. The van der Waals surface area contributed by atoms with Crippen molar-refractivity contribution < 1.29 is 14.6 Å². The molecule has 0 aromatic carbocycles. The highest BCUT2D eigenvalue weighted by Crippen LogP contribution is 2.13. The fourth-order valence-corrected chi connectivity index (χ4v) is 1.62. The standard InChI is InChI=1S/C14H22N2O3/c1-10(2)19-9-5-4-8-15-13-12(14(17)18)7-6-11(3)16-13/h6-7,10H,4-5,8-9H2,1-3H3,(H,15,16)(H,17,18). The molecular formula is C14H22N2O3. The van der Waals surface area contributed by atoms with Gasteiger partial charge < -0.3 is 15.2 Å². The van der Waals surface area contributed by atoms with E-state index in [-0.39, 0.29) is 11.7 Å². The van der Waals surface area contributed by atoms with Crippen LogP contribution in [0.2, 0.25) is 0 Å². The van der Waals surface area contributed by atoms with E-state index in [1.54, 1.807) is 12.1 Å². The number of hydrogen-bond acceptors (Lipinski definition) is 4. The van der Waals surface area contributed by atoms with Gasteiger partial charge in [0.1, 0.15) is 11.4 Å². The number of rotatable bonds is 8. The summed E-state index contributed by atoms with van der Waals surface area (Å²) in [6.07, 6.45) is 2.12. The van der Waals surface area contributed by atoms with Gasteiger partial charge in [0.05, 0.1) is 6.10 Å². The molecule has 0 radical (unpaired) electrons. The third kappa shape index (κ3) is 5.70. The summed E-state index contributed by atoms with van der Waals surface area (Å²) >= 11 is 0. The number of aryl methyl sites for hydroxylation is 1. The van der Waals surface area contributed by atoms with Gasteiger partial charge in [-0.05, 0) is 45.7 Å². The van der Waals surface area contributed by atoms with Crippen LogP contribution < -0.4 is 5.32 Å².